The van der Waals surface area contributed by atoms with Gasteiger partial charge < -0.3 is 13.7 Å². The zero-order chi connectivity index (χ0) is 21.5. The fraction of sp³-hybridized carbons (Fsp3) is 0.0800. The van der Waals surface area contributed by atoms with E-state index in [9.17, 15) is 14.4 Å². The van der Waals surface area contributed by atoms with Crippen LogP contribution in [0.1, 0.15) is 42.6 Å². The highest BCUT2D eigenvalue weighted by molar-refractivity contribution is 6.41. The zero-order valence-electron chi connectivity index (χ0n) is 16.6. The third-order valence-corrected chi connectivity index (χ3v) is 5.40. The SMILES string of the molecule is COC(=O)c1ccc(Cn2cc(C=C3C(=O)c4ccccc4C3=O)c3ccccc32)o1. The van der Waals surface area contributed by atoms with Crippen molar-refractivity contribution in [3.8, 4) is 0 Å². The molecule has 6 nitrogen and oxygen atoms in total. The molecule has 31 heavy (non-hydrogen) atoms. The van der Waals surface area contributed by atoms with E-state index in [0.29, 0.717) is 23.4 Å². The lowest BCUT2D eigenvalue weighted by Crippen LogP contribution is -2.00. The topological polar surface area (TPSA) is 78.5 Å². The summed E-state index contributed by atoms with van der Waals surface area (Å²) in [6.45, 7) is 0.378. The average Bonchev–Trinajstić information content (AvgIpc) is 3.47. The maximum atomic E-state index is 12.8. The number of carbonyl (C=O) groups is 3. The minimum absolute atomic E-state index is 0.135. The van der Waals surface area contributed by atoms with Crippen molar-refractivity contribution in [3.63, 3.8) is 0 Å². The molecule has 6 heteroatoms. The van der Waals surface area contributed by atoms with Gasteiger partial charge in [0.1, 0.15) is 5.76 Å². The summed E-state index contributed by atoms with van der Waals surface area (Å²) >= 11 is 0. The van der Waals surface area contributed by atoms with Crippen LogP contribution in [0.15, 0.2) is 76.9 Å². The predicted molar refractivity (Wildman–Crippen MR) is 114 cm³/mol. The standard InChI is InChI=1S/C25H17NO5/c1-30-25(29)22-11-10-16(31-22)14-26-13-15(17-6-4-5-9-21(17)26)12-20-23(27)18-7-2-3-8-19(18)24(20)28/h2-13H,14H2,1H3. The second kappa shape index (κ2) is 7.25. The molecule has 1 aliphatic carbocycles. The third kappa shape index (κ3) is 3.09. The molecule has 0 aliphatic heterocycles. The number of Topliss-reactive ketones (excluding diaryl/α,β-unsaturated/α-hetero) is 2. The van der Waals surface area contributed by atoms with E-state index in [1.165, 1.54) is 7.11 Å². The van der Waals surface area contributed by atoms with Gasteiger partial charge in [-0.1, -0.05) is 42.5 Å². The Bertz CT molecular complexity index is 1370. The molecule has 0 saturated carbocycles. The molecule has 2 aromatic carbocycles. The number of hydrogen-bond acceptors (Lipinski definition) is 5. The molecular formula is C25H17NO5. The van der Waals surface area contributed by atoms with Gasteiger partial charge in [0.25, 0.3) is 0 Å². The van der Waals surface area contributed by atoms with Crippen molar-refractivity contribution in [1.29, 1.82) is 0 Å². The van der Waals surface area contributed by atoms with Gasteiger partial charge in [-0.2, -0.15) is 0 Å². The number of allylic oxidation sites excluding steroid dienone is 1. The van der Waals surface area contributed by atoms with Crippen molar-refractivity contribution < 1.29 is 23.5 Å². The normalized spacial score (nSPS) is 13.0. The van der Waals surface area contributed by atoms with E-state index in [-0.39, 0.29) is 22.9 Å². The van der Waals surface area contributed by atoms with Crippen LogP contribution in [-0.4, -0.2) is 29.2 Å². The minimum atomic E-state index is -0.535. The van der Waals surface area contributed by atoms with E-state index in [2.05, 4.69) is 4.74 Å². The first kappa shape index (κ1) is 18.8. The van der Waals surface area contributed by atoms with Crippen LogP contribution in [0.5, 0.6) is 0 Å². The Morgan fingerprint density at radius 2 is 1.65 bits per heavy atom. The number of para-hydroxylation sites is 1. The Hall–Kier alpha value is -4.19. The number of fused-ring (bicyclic) bond motifs is 2. The lowest BCUT2D eigenvalue weighted by molar-refractivity contribution is 0.0562. The lowest BCUT2D eigenvalue weighted by atomic mass is 10.1. The molecule has 5 rings (SSSR count). The number of nitrogens with zero attached hydrogens (tertiary/aromatic N) is 1. The Morgan fingerprint density at radius 1 is 0.968 bits per heavy atom. The predicted octanol–water partition coefficient (Wildman–Crippen LogP) is 4.53. The van der Waals surface area contributed by atoms with Gasteiger partial charge in [0, 0.05) is 33.8 Å². The smallest absolute Gasteiger partial charge is 0.373 e. The number of ketones is 2. The number of carbonyl (C=O) groups excluding carboxylic acids is 3. The van der Waals surface area contributed by atoms with E-state index in [1.807, 2.05) is 35.0 Å². The third-order valence-electron chi connectivity index (χ3n) is 5.40. The van der Waals surface area contributed by atoms with E-state index in [4.69, 9.17) is 4.42 Å². The first-order chi connectivity index (χ1) is 15.1. The van der Waals surface area contributed by atoms with Gasteiger partial charge >= 0.3 is 5.97 Å². The molecule has 2 heterocycles. The van der Waals surface area contributed by atoms with Crippen LogP contribution in [0.2, 0.25) is 0 Å². The van der Waals surface area contributed by atoms with Gasteiger partial charge in [-0.3, -0.25) is 9.59 Å². The van der Waals surface area contributed by atoms with Gasteiger partial charge in [-0.05, 0) is 24.3 Å². The summed E-state index contributed by atoms with van der Waals surface area (Å²) in [6, 6.07) is 17.9. The number of esters is 1. The summed E-state index contributed by atoms with van der Waals surface area (Å²) in [5.74, 6) is -0.332. The number of benzene rings is 2. The molecule has 0 bridgehead atoms. The number of hydrogen-bond donors (Lipinski definition) is 0. The van der Waals surface area contributed by atoms with Crippen molar-refractivity contribution in [2.24, 2.45) is 0 Å². The first-order valence-electron chi connectivity index (χ1n) is 9.72. The molecule has 0 spiro atoms. The number of methoxy groups -OCH3 is 1. The Balaban J connectivity index is 1.55. The monoisotopic (exact) mass is 411 g/mol. The molecule has 0 amide bonds. The summed E-state index contributed by atoms with van der Waals surface area (Å²) in [7, 11) is 1.30. The van der Waals surface area contributed by atoms with Crippen molar-refractivity contribution in [1.82, 2.24) is 4.57 Å². The van der Waals surface area contributed by atoms with Gasteiger partial charge in [0.2, 0.25) is 5.76 Å². The van der Waals surface area contributed by atoms with Gasteiger partial charge in [-0.25, -0.2) is 4.79 Å². The van der Waals surface area contributed by atoms with Crippen LogP contribution in [0.4, 0.5) is 0 Å². The highest BCUT2D eigenvalue weighted by atomic mass is 16.5. The van der Waals surface area contributed by atoms with Gasteiger partial charge in [-0.15, -0.1) is 0 Å². The average molecular weight is 411 g/mol. The van der Waals surface area contributed by atoms with Crippen LogP contribution >= 0.6 is 0 Å². The summed E-state index contributed by atoms with van der Waals surface area (Å²) in [5, 5.41) is 0.909. The van der Waals surface area contributed by atoms with E-state index in [0.717, 1.165) is 16.5 Å². The number of aromatic nitrogens is 1. The van der Waals surface area contributed by atoms with Crippen molar-refractivity contribution in [2.45, 2.75) is 6.54 Å². The largest absolute Gasteiger partial charge is 0.463 e. The van der Waals surface area contributed by atoms with Crippen LogP contribution in [0.3, 0.4) is 0 Å². The Morgan fingerprint density at radius 3 is 2.35 bits per heavy atom. The molecule has 0 fully saturated rings. The summed E-state index contributed by atoms with van der Waals surface area (Å²) in [5.41, 5.74) is 2.72. The van der Waals surface area contributed by atoms with Gasteiger partial charge in [0.15, 0.2) is 11.6 Å². The minimum Gasteiger partial charge on any atom is -0.463 e. The molecule has 0 radical (unpaired) electrons. The maximum Gasteiger partial charge on any atom is 0.373 e. The van der Waals surface area contributed by atoms with Crippen LogP contribution < -0.4 is 0 Å². The Labute approximate surface area is 177 Å². The zero-order valence-corrected chi connectivity index (χ0v) is 16.6. The van der Waals surface area contributed by atoms with E-state index in [1.54, 1.807) is 42.5 Å². The molecule has 152 valence electrons. The first-order valence-corrected chi connectivity index (χ1v) is 9.72. The summed E-state index contributed by atoms with van der Waals surface area (Å²) < 4.78 is 12.2. The van der Waals surface area contributed by atoms with Crippen molar-refractivity contribution in [2.75, 3.05) is 7.11 Å². The molecule has 0 saturated heterocycles. The van der Waals surface area contributed by atoms with Crippen molar-refractivity contribution in [3.05, 3.63) is 101 Å². The Kier molecular flexibility index (Phi) is 4.40. The van der Waals surface area contributed by atoms with Crippen molar-refractivity contribution >= 4 is 34.5 Å². The second-order valence-corrected chi connectivity index (χ2v) is 7.25. The highest BCUT2D eigenvalue weighted by Crippen LogP contribution is 2.30. The molecule has 1 aliphatic rings. The van der Waals surface area contributed by atoms with E-state index >= 15 is 0 Å². The second-order valence-electron chi connectivity index (χ2n) is 7.25. The molecule has 2 aromatic heterocycles. The van der Waals surface area contributed by atoms with Crippen LogP contribution in [0.25, 0.3) is 17.0 Å². The molecule has 0 unspecified atom stereocenters. The van der Waals surface area contributed by atoms with Crippen LogP contribution in [0, 0.1) is 0 Å². The molecule has 0 N–H and O–H groups in total. The van der Waals surface area contributed by atoms with E-state index < -0.39 is 5.97 Å². The van der Waals surface area contributed by atoms with Crippen LogP contribution in [-0.2, 0) is 11.3 Å². The number of furan rings is 1. The quantitative estimate of drug-likeness (QED) is 0.280. The molecule has 0 atom stereocenters. The molecular weight excluding hydrogens is 394 g/mol. The fourth-order valence-electron chi connectivity index (χ4n) is 3.92. The summed E-state index contributed by atoms with van der Waals surface area (Å²) in [4.78, 5) is 37.2. The molecule has 4 aromatic rings. The maximum absolute atomic E-state index is 12.8. The highest BCUT2D eigenvalue weighted by Gasteiger charge is 2.32. The number of rotatable bonds is 4. The lowest BCUT2D eigenvalue weighted by Gasteiger charge is -2.02. The van der Waals surface area contributed by atoms with Gasteiger partial charge in [0.05, 0.1) is 19.2 Å². The fourth-order valence-corrected chi connectivity index (χ4v) is 3.92. The number of ether oxygens (including phenoxy) is 1. The summed E-state index contributed by atoms with van der Waals surface area (Å²) in [6.07, 6.45) is 3.53.